The highest BCUT2D eigenvalue weighted by Crippen LogP contribution is 2.31. The summed E-state index contributed by atoms with van der Waals surface area (Å²) in [6.45, 7) is 5.64. The predicted molar refractivity (Wildman–Crippen MR) is 96.0 cm³/mol. The Bertz CT molecular complexity index is 816. The van der Waals surface area contributed by atoms with Crippen LogP contribution in [0.3, 0.4) is 0 Å². The molecular weight excluding hydrogens is 338 g/mol. The molecule has 26 heavy (non-hydrogen) atoms. The summed E-state index contributed by atoms with van der Waals surface area (Å²) >= 11 is 0. The minimum atomic E-state index is -0.729. The number of esters is 1. The van der Waals surface area contributed by atoms with Crippen molar-refractivity contribution in [2.75, 3.05) is 13.7 Å². The second-order valence-corrected chi connectivity index (χ2v) is 6.03. The fourth-order valence-corrected chi connectivity index (χ4v) is 2.27. The van der Waals surface area contributed by atoms with Gasteiger partial charge in [-0.2, -0.15) is 0 Å². The molecule has 0 fully saturated rings. The zero-order chi connectivity index (χ0) is 19.3. The third-order valence-electron chi connectivity index (χ3n) is 3.81. The Hall–Kier alpha value is -3.09. The van der Waals surface area contributed by atoms with Crippen molar-refractivity contribution in [1.82, 2.24) is 0 Å². The van der Waals surface area contributed by atoms with E-state index in [9.17, 15) is 14.9 Å². The highest BCUT2D eigenvalue weighted by molar-refractivity contribution is 5.75. The van der Waals surface area contributed by atoms with E-state index >= 15 is 0 Å². The highest BCUT2D eigenvalue weighted by Gasteiger charge is 2.20. The smallest absolute Gasteiger partial charge is 0.349 e. The van der Waals surface area contributed by atoms with Crippen molar-refractivity contribution >= 4 is 11.7 Å². The maximum absolute atomic E-state index is 12.0. The van der Waals surface area contributed by atoms with E-state index in [1.165, 1.54) is 25.3 Å². The maximum atomic E-state index is 12.0. The average Bonchev–Trinajstić information content (AvgIpc) is 2.60. The van der Waals surface area contributed by atoms with Gasteiger partial charge in [-0.25, -0.2) is 4.79 Å². The molecule has 0 heterocycles. The van der Waals surface area contributed by atoms with Crippen molar-refractivity contribution in [3.8, 4) is 17.2 Å². The molecule has 7 heteroatoms. The Labute approximate surface area is 151 Å². The van der Waals surface area contributed by atoms with Crippen molar-refractivity contribution in [2.45, 2.75) is 26.7 Å². The molecule has 0 saturated heterocycles. The van der Waals surface area contributed by atoms with Crippen LogP contribution >= 0.6 is 0 Å². The number of nitro groups is 1. The number of nitrogens with zero attached hydrogens (tertiary/aromatic N) is 1. The van der Waals surface area contributed by atoms with Gasteiger partial charge >= 0.3 is 11.7 Å². The fraction of sp³-hybridized carbons (Fsp3) is 0.316. The summed E-state index contributed by atoms with van der Waals surface area (Å²) in [6.07, 6.45) is 0. The summed E-state index contributed by atoms with van der Waals surface area (Å²) in [5.74, 6) is 0.322. The van der Waals surface area contributed by atoms with Crippen molar-refractivity contribution in [3.63, 3.8) is 0 Å². The Morgan fingerprint density at radius 2 is 1.88 bits per heavy atom. The molecule has 0 unspecified atom stereocenters. The molecule has 2 aromatic rings. The third-order valence-corrected chi connectivity index (χ3v) is 3.81. The molecule has 0 bridgehead atoms. The van der Waals surface area contributed by atoms with Crippen LogP contribution in [-0.2, 0) is 4.79 Å². The molecule has 0 atom stereocenters. The normalized spacial score (nSPS) is 10.5. The number of hydrogen-bond donors (Lipinski definition) is 0. The summed E-state index contributed by atoms with van der Waals surface area (Å²) in [5.41, 5.74) is 1.62. The van der Waals surface area contributed by atoms with Crippen LogP contribution in [0.25, 0.3) is 0 Å². The van der Waals surface area contributed by atoms with Gasteiger partial charge < -0.3 is 14.2 Å². The number of ether oxygens (including phenoxy) is 3. The zero-order valence-electron chi connectivity index (χ0n) is 15.1. The van der Waals surface area contributed by atoms with E-state index in [-0.39, 0.29) is 18.0 Å². The minimum absolute atomic E-state index is 0.156. The summed E-state index contributed by atoms with van der Waals surface area (Å²) in [4.78, 5) is 22.5. The van der Waals surface area contributed by atoms with Gasteiger partial charge in [-0.1, -0.05) is 26.0 Å². The Balaban J connectivity index is 2.08. The number of rotatable bonds is 7. The molecule has 0 saturated carbocycles. The molecule has 0 N–H and O–H groups in total. The summed E-state index contributed by atoms with van der Waals surface area (Å²) < 4.78 is 15.6. The lowest BCUT2D eigenvalue weighted by Gasteiger charge is -2.12. The van der Waals surface area contributed by atoms with Crippen molar-refractivity contribution in [1.29, 1.82) is 0 Å². The zero-order valence-corrected chi connectivity index (χ0v) is 15.1. The Morgan fingerprint density at radius 1 is 1.15 bits per heavy atom. The van der Waals surface area contributed by atoms with Crippen LogP contribution in [0.5, 0.6) is 17.2 Å². The Kier molecular flexibility index (Phi) is 6.16. The molecular formula is C19H21NO6. The van der Waals surface area contributed by atoms with Gasteiger partial charge in [0, 0.05) is 0 Å². The highest BCUT2D eigenvalue weighted by atomic mass is 16.6. The van der Waals surface area contributed by atoms with Gasteiger partial charge in [-0.15, -0.1) is 0 Å². The Morgan fingerprint density at radius 3 is 2.50 bits per heavy atom. The molecule has 7 nitrogen and oxygen atoms in total. The molecule has 138 valence electrons. The van der Waals surface area contributed by atoms with E-state index in [0.717, 1.165) is 11.1 Å². The van der Waals surface area contributed by atoms with Gasteiger partial charge in [0.05, 0.1) is 18.1 Å². The minimum Gasteiger partial charge on any atom is -0.496 e. The maximum Gasteiger partial charge on any atom is 0.349 e. The molecule has 0 radical (unpaired) electrons. The number of carbonyl (C=O) groups is 1. The van der Waals surface area contributed by atoms with E-state index in [1.54, 1.807) is 0 Å². The monoisotopic (exact) mass is 359 g/mol. The molecule has 2 rings (SSSR count). The van der Waals surface area contributed by atoms with E-state index in [4.69, 9.17) is 14.2 Å². The molecule has 0 aromatic heterocycles. The van der Waals surface area contributed by atoms with Crippen molar-refractivity contribution in [2.24, 2.45) is 0 Å². The van der Waals surface area contributed by atoms with E-state index in [0.29, 0.717) is 17.4 Å². The first-order valence-corrected chi connectivity index (χ1v) is 8.08. The number of carbonyl (C=O) groups excluding carboxylic acids is 1. The van der Waals surface area contributed by atoms with Crippen LogP contribution in [0.4, 0.5) is 5.69 Å². The predicted octanol–water partition coefficient (Wildman–Crippen LogP) is 4.02. The van der Waals surface area contributed by atoms with Crippen LogP contribution in [0, 0.1) is 17.0 Å². The summed E-state index contributed by atoms with van der Waals surface area (Å²) in [7, 11) is 1.40. The van der Waals surface area contributed by atoms with Gasteiger partial charge in [-0.3, -0.25) is 10.1 Å². The third kappa shape index (κ3) is 4.72. The molecule has 0 aliphatic heterocycles. The summed E-state index contributed by atoms with van der Waals surface area (Å²) in [5, 5.41) is 11.1. The second kappa shape index (κ2) is 8.33. The van der Waals surface area contributed by atoms with Gasteiger partial charge in [0.25, 0.3) is 0 Å². The van der Waals surface area contributed by atoms with Crippen molar-refractivity contribution in [3.05, 3.63) is 57.6 Å². The second-order valence-electron chi connectivity index (χ2n) is 6.03. The number of nitro benzene ring substituents is 1. The van der Waals surface area contributed by atoms with Crippen LogP contribution in [0.15, 0.2) is 36.4 Å². The number of hydrogen-bond acceptors (Lipinski definition) is 6. The average molecular weight is 359 g/mol. The van der Waals surface area contributed by atoms with Gasteiger partial charge in [0.1, 0.15) is 11.5 Å². The molecule has 0 aliphatic carbocycles. The topological polar surface area (TPSA) is 87.9 Å². The lowest BCUT2D eigenvalue weighted by molar-refractivity contribution is -0.385. The van der Waals surface area contributed by atoms with E-state index in [2.05, 4.69) is 13.8 Å². The van der Waals surface area contributed by atoms with Crippen LogP contribution in [0.2, 0.25) is 0 Å². The standard InChI is InChI=1S/C19H21NO6/c1-12(2)14-6-5-13(3)18(9-14)25-11-19(21)26-17-8-7-15(24-4)10-16(17)20(22)23/h5-10,12H,11H2,1-4H3. The molecule has 0 spiro atoms. The van der Waals surface area contributed by atoms with Crippen LogP contribution < -0.4 is 14.2 Å². The lowest BCUT2D eigenvalue weighted by atomic mass is 10.0. The summed E-state index contributed by atoms with van der Waals surface area (Å²) in [6, 6.07) is 9.80. The SMILES string of the molecule is COc1ccc(OC(=O)COc2cc(C(C)C)ccc2C)c([N+](=O)[O-])c1. The molecule has 0 aliphatic rings. The van der Waals surface area contributed by atoms with Gasteiger partial charge in [0.2, 0.25) is 5.75 Å². The molecule has 2 aromatic carbocycles. The van der Waals surface area contributed by atoms with Crippen molar-refractivity contribution < 1.29 is 23.9 Å². The fourth-order valence-electron chi connectivity index (χ4n) is 2.27. The largest absolute Gasteiger partial charge is 0.496 e. The molecule has 0 amide bonds. The quantitative estimate of drug-likeness (QED) is 0.321. The van der Waals surface area contributed by atoms with Crippen LogP contribution in [-0.4, -0.2) is 24.6 Å². The number of methoxy groups -OCH3 is 1. The first-order chi connectivity index (χ1) is 12.3. The van der Waals surface area contributed by atoms with Gasteiger partial charge in [-0.05, 0) is 42.2 Å². The number of aryl methyl sites for hydroxylation is 1. The first kappa shape index (κ1) is 19.2. The number of benzene rings is 2. The van der Waals surface area contributed by atoms with Gasteiger partial charge in [0.15, 0.2) is 6.61 Å². The van der Waals surface area contributed by atoms with E-state index < -0.39 is 10.9 Å². The first-order valence-electron chi connectivity index (χ1n) is 8.08. The van der Waals surface area contributed by atoms with E-state index in [1.807, 2.05) is 25.1 Å². The van der Waals surface area contributed by atoms with Crippen LogP contribution in [0.1, 0.15) is 30.9 Å². The lowest BCUT2D eigenvalue weighted by Crippen LogP contribution is -2.18.